The Bertz CT molecular complexity index is 928. The molecule has 2 aromatic carbocycles. The summed E-state index contributed by atoms with van der Waals surface area (Å²) in [6.07, 6.45) is 3.93. The van der Waals surface area contributed by atoms with Crippen LogP contribution in [-0.4, -0.2) is 32.6 Å². The summed E-state index contributed by atoms with van der Waals surface area (Å²) in [5.41, 5.74) is 3.77. The largest absolute Gasteiger partial charge is 0.490 e. The molecule has 0 heterocycles. The predicted octanol–water partition coefficient (Wildman–Crippen LogP) is 5.09. The third-order valence-corrected chi connectivity index (χ3v) is 4.22. The highest BCUT2D eigenvalue weighted by Crippen LogP contribution is 2.28. The van der Waals surface area contributed by atoms with Crippen molar-refractivity contribution in [1.29, 1.82) is 0 Å². The summed E-state index contributed by atoms with van der Waals surface area (Å²) in [5.74, 6) is 8.37. The maximum atomic E-state index is 5.85. The van der Waals surface area contributed by atoms with Crippen molar-refractivity contribution >= 4 is 5.71 Å². The van der Waals surface area contributed by atoms with Crippen molar-refractivity contribution in [1.82, 2.24) is 0 Å². The zero-order chi connectivity index (χ0) is 21.8. The van der Waals surface area contributed by atoms with Crippen LogP contribution in [-0.2, 0) is 4.84 Å². The summed E-state index contributed by atoms with van der Waals surface area (Å²) < 4.78 is 17.2. The zero-order valence-corrected chi connectivity index (χ0v) is 18.3. The van der Waals surface area contributed by atoms with Crippen LogP contribution in [0.15, 0.2) is 53.7 Å². The Morgan fingerprint density at radius 3 is 2.33 bits per heavy atom. The van der Waals surface area contributed by atoms with E-state index in [0.717, 1.165) is 39.7 Å². The maximum absolute atomic E-state index is 5.85. The van der Waals surface area contributed by atoms with Crippen LogP contribution in [0.3, 0.4) is 0 Å². The maximum Gasteiger partial charge on any atom is 0.149 e. The van der Waals surface area contributed by atoms with Crippen LogP contribution < -0.4 is 14.2 Å². The lowest BCUT2D eigenvalue weighted by Crippen LogP contribution is -2.01. The van der Waals surface area contributed by atoms with Crippen molar-refractivity contribution in [3.63, 3.8) is 0 Å². The molecule has 0 aliphatic heterocycles. The van der Waals surface area contributed by atoms with E-state index in [1.807, 2.05) is 76.2 Å². The molecule has 158 valence electrons. The Morgan fingerprint density at radius 1 is 0.967 bits per heavy atom. The van der Waals surface area contributed by atoms with E-state index < -0.39 is 0 Å². The fourth-order valence-electron chi connectivity index (χ4n) is 2.79. The highest BCUT2D eigenvalue weighted by atomic mass is 16.6. The van der Waals surface area contributed by atoms with Crippen molar-refractivity contribution in [3.8, 4) is 29.1 Å². The predicted molar refractivity (Wildman–Crippen MR) is 121 cm³/mol. The summed E-state index contributed by atoms with van der Waals surface area (Å²) in [7, 11) is 1.53. The van der Waals surface area contributed by atoms with Gasteiger partial charge in [0.15, 0.2) is 0 Å². The standard InChI is InChI=1S/C25H29NO4/c1-6-7-13-29-24-16-19(2)25(20(3)17-24)30-15-9-8-14-28-23-12-10-11-22(18-23)21(4)26-27-5/h6-7,10-12,16-18H,13-15H2,1-5H3/b7-6+,26-21?. The molecular weight excluding hydrogens is 378 g/mol. The fraction of sp³-hybridized carbons (Fsp3) is 0.320. The van der Waals surface area contributed by atoms with Gasteiger partial charge in [-0.2, -0.15) is 0 Å². The fourth-order valence-corrected chi connectivity index (χ4v) is 2.79. The molecule has 0 radical (unpaired) electrons. The lowest BCUT2D eigenvalue weighted by atomic mass is 10.1. The molecular formula is C25H29NO4. The van der Waals surface area contributed by atoms with Crippen LogP contribution in [0.25, 0.3) is 0 Å². The minimum absolute atomic E-state index is 0.281. The molecule has 0 aromatic heterocycles. The van der Waals surface area contributed by atoms with Crippen molar-refractivity contribution in [2.24, 2.45) is 5.16 Å². The van der Waals surface area contributed by atoms with Gasteiger partial charge in [-0.25, -0.2) is 0 Å². The molecule has 0 saturated heterocycles. The van der Waals surface area contributed by atoms with Gasteiger partial charge in [0.05, 0.1) is 5.71 Å². The molecule has 0 atom stereocenters. The van der Waals surface area contributed by atoms with Gasteiger partial charge in [-0.15, -0.1) is 0 Å². The first-order valence-corrected chi connectivity index (χ1v) is 9.79. The molecule has 0 N–H and O–H groups in total. The molecule has 0 bridgehead atoms. The Hall–Kier alpha value is -3.39. The first-order chi connectivity index (χ1) is 14.5. The number of rotatable bonds is 9. The van der Waals surface area contributed by atoms with Gasteiger partial charge in [0, 0.05) is 5.56 Å². The summed E-state index contributed by atoms with van der Waals surface area (Å²) >= 11 is 0. The summed E-state index contributed by atoms with van der Waals surface area (Å²) in [6, 6.07) is 11.6. The Kier molecular flexibility index (Phi) is 9.33. The van der Waals surface area contributed by atoms with Gasteiger partial charge in [0.1, 0.15) is 44.2 Å². The topological polar surface area (TPSA) is 49.3 Å². The Morgan fingerprint density at radius 2 is 1.67 bits per heavy atom. The van der Waals surface area contributed by atoms with E-state index in [1.165, 1.54) is 7.11 Å². The highest BCUT2D eigenvalue weighted by molar-refractivity contribution is 5.98. The van der Waals surface area contributed by atoms with Crippen LogP contribution in [0.5, 0.6) is 17.2 Å². The lowest BCUT2D eigenvalue weighted by Gasteiger charge is -2.12. The summed E-state index contributed by atoms with van der Waals surface area (Å²) in [6.45, 7) is 8.99. The van der Waals surface area contributed by atoms with E-state index in [0.29, 0.717) is 13.2 Å². The van der Waals surface area contributed by atoms with E-state index >= 15 is 0 Å². The van der Waals surface area contributed by atoms with Crippen LogP contribution in [0.2, 0.25) is 0 Å². The van der Waals surface area contributed by atoms with Crippen LogP contribution in [0.1, 0.15) is 30.5 Å². The lowest BCUT2D eigenvalue weighted by molar-refractivity contribution is 0.213. The molecule has 0 unspecified atom stereocenters. The number of hydrogen-bond acceptors (Lipinski definition) is 5. The molecule has 0 aliphatic carbocycles. The van der Waals surface area contributed by atoms with E-state index in [1.54, 1.807) is 0 Å². The van der Waals surface area contributed by atoms with E-state index in [-0.39, 0.29) is 6.61 Å². The molecule has 5 heteroatoms. The summed E-state index contributed by atoms with van der Waals surface area (Å²) in [4.78, 5) is 4.81. The number of aryl methyl sites for hydroxylation is 2. The average Bonchev–Trinajstić information content (AvgIpc) is 2.73. The number of nitrogens with zero attached hydrogens (tertiary/aromatic N) is 1. The smallest absolute Gasteiger partial charge is 0.149 e. The second-order valence-corrected chi connectivity index (χ2v) is 6.58. The van der Waals surface area contributed by atoms with Crippen molar-refractivity contribution in [2.45, 2.75) is 27.7 Å². The minimum atomic E-state index is 0.281. The van der Waals surface area contributed by atoms with E-state index in [2.05, 4.69) is 17.0 Å². The first-order valence-electron chi connectivity index (χ1n) is 9.79. The number of hydrogen-bond donors (Lipinski definition) is 0. The number of allylic oxidation sites excluding steroid dienone is 1. The molecule has 0 spiro atoms. The molecule has 0 amide bonds. The monoisotopic (exact) mass is 407 g/mol. The van der Waals surface area contributed by atoms with Gasteiger partial charge in [-0.3, -0.25) is 0 Å². The van der Waals surface area contributed by atoms with Gasteiger partial charge >= 0.3 is 0 Å². The Balaban J connectivity index is 1.86. The molecule has 0 saturated carbocycles. The van der Waals surface area contributed by atoms with Crippen LogP contribution >= 0.6 is 0 Å². The normalized spacial score (nSPS) is 11.0. The molecule has 0 fully saturated rings. The van der Waals surface area contributed by atoms with Crippen molar-refractivity contribution in [3.05, 3.63) is 65.2 Å². The van der Waals surface area contributed by atoms with E-state index in [4.69, 9.17) is 19.0 Å². The third kappa shape index (κ3) is 7.21. The van der Waals surface area contributed by atoms with Gasteiger partial charge in [0.25, 0.3) is 0 Å². The van der Waals surface area contributed by atoms with E-state index in [9.17, 15) is 0 Å². The Labute approximate surface area is 179 Å². The van der Waals surface area contributed by atoms with Gasteiger partial charge in [0.2, 0.25) is 0 Å². The number of ether oxygens (including phenoxy) is 3. The molecule has 0 aliphatic rings. The SMILES string of the molecule is C/C=C/COc1cc(C)c(OCC#CCOc2cccc(C(C)=NOC)c2)c(C)c1. The van der Waals surface area contributed by atoms with Gasteiger partial charge in [-0.1, -0.05) is 41.3 Å². The van der Waals surface area contributed by atoms with Gasteiger partial charge in [-0.05, 0) is 63.1 Å². The number of oxime groups is 1. The molecule has 2 rings (SSSR count). The first kappa shape index (κ1) is 22.9. The third-order valence-electron chi connectivity index (χ3n) is 4.22. The minimum Gasteiger partial charge on any atom is -0.490 e. The van der Waals surface area contributed by atoms with Crippen molar-refractivity contribution < 1.29 is 19.0 Å². The quantitative estimate of drug-likeness (QED) is 0.251. The average molecular weight is 408 g/mol. The highest BCUT2D eigenvalue weighted by Gasteiger charge is 2.06. The number of benzene rings is 2. The second-order valence-electron chi connectivity index (χ2n) is 6.58. The molecule has 5 nitrogen and oxygen atoms in total. The van der Waals surface area contributed by atoms with Gasteiger partial charge < -0.3 is 19.0 Å². The molecule has 2 aromatic rings. The molecule has 30 heavy (non-hydrogen) atoms. The second kappa shape index (κ2) is 12.2. The summed E-state index contributed by atoms with van der Waals surface area (Å²) in [5, 5.41) is 3.93. The van der Waals surface area contributed by atoms with Crippen molar-refractivity contribution in [2.75, 3.05) is 26.9 Å². The van der Waals surface area contributed by atoms with Crippen LogP contribution in [0, 0.1) is 25.7 Å². The van der Waals surface area contributed by atoms with Crippen LogP contribution in [0.4, 0.5) is 0 Å². The zero-order valence-electron chi connectivity index (χ0n) is 18.3.